The molecular weight excluding hydrogens is 160 g/mol. The van der Waals surface area contributed by atoms with Crippen LogP contribution in [-0.2, 0) is 4.79 Å². The summed E-state index contributed by atoms with van der Waals surface area (Å²) in [6.45, 7) is 3.06. The molecule has 0 bridgehead atoms. The van der Waals surface area contributed by atoms with Gasteiger partial charge in [0.1, 0.15) is 5.78 Å². The molecule has 0 saturated heterocycles. The average Bonchev–Trinajstić information content (AvgIpc) is 1.90. The van der Waals surface area contributed by atoms with Gasteiger partial charge in [0.15, 0.2) is 0 Å². The van der Waals surface area contributed by atoms with E-state index in [0.29, 0.717) is 0 Å². The zero-order valence-corrected chi connectivity index (χ0v) is 7.60. The van der Waals surface area contributed by atoms with E-state index in [-0.39, 0.29) is 18.2 Å². The van der Waals surface area contributed by atoms with E-state index >= 15 is 0 Å². The molecule has 2 heteroatoms. The minimum Gasteiger partial charge on any atom is -0.300 e. The van der Waals surface area contributed by atoms with E-state index in [0.717, 1.165) is 0 Å². The number of carbonyl (C=O) groups excluding carboxylic acids is 1. The van der Waals surface area contributed by atoms with Crippen molar-refractivity contribution < 1.29 is 4.79 Å². The van der Waals surface area contributed by atoms with Crippen LogP contribution in [0.15, 0.2) is 36.4 Å². The number of hydrogen-bond donors (Lipinski definition) is 0. The SMILES string of the molecule is CC(C)=O.Cl.c1ccccc1. The van der Waals surface area contributed by atoms with Crippen molar-refractivity contribution in [2.45, 2.75) is 13.8 Å². The summed E-state index contributed by atoms with van der Waals surface area (Å²) in [4.78, 5) is 9.44. The van der Waals surface area contributed by atoms with Crippen LogP contribution in [0.3, 0.4) is 0 Å². The fourth-order valence-electron chi connectivity index (χ4n) is 0.385. The molecule has 0 aromatic heterocycles. The third kappa shape index (κ3) is 17.6. The third-order valence-electron chi connectivity index (χ3n) is 0.667. The van der Waals surface area contributed by atoms with Crippen LogP contribution in [0.25, 0.3) is 0 Å². The van der Waals surface area contributed by atoms with Crippen molar-refractivity contribution in [3.8, 4) is 0 Å². The summed E-state index contributed by atoms with van der Waals surface area (Å²) in [6, 6.07) is 12.0. The van der Waals surface area contributed by atoms with E-state index in [9.17, 15) is 4.79 Å². The Hall–Kier alpha value is -0.820. The first-order chi connectivity index (χ1) is 4.73. The predicted octanol–water partition coefficient (Wildman–Crippen LogP) is 2.70. The van der Waals surface area contributed by atoms with Gasteiger partial charge in [0.05, 0.1) is 0 Å². The summed E-state index contributed by atoms with van der Waals surface area (Å²) >= 11 is 0. The smallest absolute Gasteiger partial charge is 0.126 e. The molecule has 0 radical (unpaired) electrons. The normalized spacial score (nSPS) is 6.73. The lowest BCUT2D eigenvalue weighted by atomic mass is 10.4. The largest absolute Gasteiger partial charge is 0.300 e. The summed E-state index contributed by atoms with van der Waals surface area (Å²) in [5, 5.41) is 0. The fourth-order valence-corrected chi connectivity index (χ4v) is 0.385. The van der Waals surface area contributed by atoms with Gasteiger partial charge in [-0.3, -0.25) is 0 Å². The van der Waals surface area contributed by atoms with Gasteiger partial charge >= 0.3 is 0 Å². The number of halogens is 1. The Labute approximate surface area is 73.8 Å². The van der Waals surface area contributed by atoms with Gasteiger partial charge in [0.25, 0.3) is 0 Å². The molecule has 11 heavy (non-hydrogen) atoms. The Kier molecular flexibility index (Phi) is 10.7. The molecule has 0 fully saturated rings. The molecule has 1 nitrogen and oxygen atoms in total. The summed E-state index contributed by atoms with van der Waals surface area (Å²) < 4.78 is 0. The van der Waals surface area contributed by atoms with Gasteiger partial charge in [0.2, 0.25) is 0 Å². The minimum atomic E-state index is 0. The molecule has 0 aliphatic rings. The second-order valence-electron chi connectivity index (χ2n) is 2.06. The fraction of sp³-hybridized carbons (Fsp3) is 0.222. The topological polar surface area (TPSA) is 17.1 Å². The Morgan fingerprint density at radius 2 is 0.909 bits per heavy atom. The van der Waals surface area contributed by atoms with Gasteiger partial charge in [-0.15, -0.1) is 12.4 Å². The van der Waals surface area contributed by atoms with Gasteiger partial charge in [-0.1, -0.05) is 36.4 Å². The van der Waals surface area contributed by atoms with Crippen LogP contribution in [0.4, 0.5) is 0 Å². The van der Waals surface area contributed by atoms with Gasteiger partial charge in [-0.2, -0.15) is 0 Å². The summed E-state index contributed by atoms with van der Waals surface area (Å²) in [5.74, 6) is 0.167. The van der Waals surface area contributed by atoms with Crippen LogP contribution in [0, 0.1) is 0 Å². The molecule has 62 valence electrons. The van der Waals surface area contributed by atoms with Crippen molar-refractivity contribution in [2.24, 2.45) is 0 Å². The number of rotatable bonds is 0. The van der Waals surface area contributed by atoms with E-state index in [4.69, 9.17) is 0 Å². The second kappa shape index (κ2) is 9.18. The molecule has 0 amide bonds. The van der Waals surface area contributed by atoms with Crippen LogP contribution in [0.1, 0.15) is 13.8 Å². The zero-order valence-electron chi connectivity index (χ0n) is 6.78. The molecular formula is C9H13ClO. The number of Topliss-reactive ketones (excluding diaryl/α,β-unsaturated/α-hetero) is 1. The molecule has 0 aliphatic carbocycles. The molecule has 0 atom stereocenters. The number of benzene rings is 1. The lowest BCUT2D eigenvalue weighted by Crippen LogP contribution is -1.69. The van der Waals surface area contributed by atoms with Crippen molar-refractivity contribution in [3.05, 3.63) is 36.4 Å². The molecule has 0 spiro atoms. The Morgan fingerprint density at radius 3 is 1.00 bits per heavy atom. The van der Waals surface area contributed by atoms with E-state index in [1.807, 2.05) is 36.4 Å². The monoisotopic (exact) mass is 172 g/mol. The Bertz CT molecular complexity index is 141. The predicted molar refractivity (Wildman–Crippen MR) is 50.0 cm³/mol. The van der Waals surface area contributed by atoms with Crippen LogP contribution in [0.2, 0.25) is 0 Å². The molecule has 1 rings (SSSR count). The standard InChI is InChI=1S/C6H6.C3H6O.ClH/c1-2-4-6-5-3-1;1-3(2)4;/h1-6H;1-2H3;1H. The highest BCUT2D eigenvalue weighted by molar-refractivity contribution is 5.85. The second-order valence-corrected chi connectivity index (χ2v) is 2.06. The van der Waals surface area contributed by atoms with E-state index < -0.39 is 0 Å². The lowest BCUT2D eigenvalue weighted by Gasteiger charge is -1.69. The quantitative estimate of drug-likeness (QED) is 0.588. The molecule has 0 heterocycles. The first-order valence-corrected chi connectivity index (χ1v) is 3.20. The van der Waals surface area contributed by atoms with Crippen molar-refractivity contribution in [1.29, 1.82) is 0 Å². The molecule has 0 N–H and O–H groups in total. The highest BCUT2D eigenvalue weighted by Gasteiger charge is 1.62. The highest BCUT2D eigenvalue weighted by Crippen LogP contribution is 1.79. The first-order valence-electron chi connectivity index (χ1n) is 3.20. The molecule has 1 aromatic rings. The molecule has 0 saturated carbocycles. The van der Waals surface area contributed by atoms with E-state index in [2.05, 4.69) is 0 Å². The number of carbonyl (C=O) groups is 1. The zero-order chi connectivity index (χ0) is 7.82. The lowest BCUT2D eigenvalue weighted by molar-refractivity contribution is -0.114. The van der Waals surface area contributed by atoms with Gasteiger partial charge < -0.3 is 4.79 Å². The highest BCUT2D eigenvalue weighted by atomic mass is 35.5. The van der Waals surface area contributed by atoms with Crippen LogP contribution in [0.5, 0.6) is 0 Å². The van der Waals surface area contributed by atoms with Crippen molar-refractivity contribution in [2.75, 3.05) is 0 Å². The minimum absolute atomic E-state index is 0. The summed E-state index contributed by atoms with van der Waals surface area (Å²) in [6.07, 6.45) is 0. The van der Waals surface area contributed by atoms with Gasteiger partial charge in [-0.25, -0.2) is 0 Å². The van der Waals surface area contributed by atoms with Crippen LogP contribution >= 0.6 is 12.4 Å². The number of ketones is 1. The van der Waals surface area contributed by atoms with E-state index in [1.54, 1.807) is 0 Å². The van der Waals surface area contributed by atoms with Crippen molar-refractivity contribution in [3.63, 3.8) is 0 Å². The molecule has 0 unspecified atom stereocenters. The number of hydrogen-bond acceptors (Lipinski definition) is 1. The van der Waals surface area contributed by atoms with Crippen molar-refractivity contribution in [1.82, 2.24) is 0 Å². The maximum atomic E-state index is 9.44. The summed E-state index contributed by atoms with van der Waals surface area (Å²) in [7, 11) is 0. The van der Waals surface area contributed by atoms with Crippen molar-refractivity contribution >= 4 is 18.2 Å². The van der Waals surface area contributed by atoms with Gasteiger partial charge in [0, 0.05) is 0 Å². The van der Waals surface area contributed by atoms with Crippen LogP contribution < -0.4 is 0 Å². The van der Waals surface area contributed by atoms with Crippen LogP contribution in [-0.4, -0.2) is 5.78 Å². The molecule has 1 aromatic carbocycles. The Balaban J connectivity index is 0. The van der Waals surface area contributed by atoms with Gasteiger partial charge in [-0.05, 0) is 13.8 Å². The third-order valence-corrected chi connectivity index (χ3v) is 0.667. The molecule has 0 aliphatic heterocycles. The van der Waals surface area contributed by atoms with E-state index in [1.165, 1.54) is 13.8 Å². The average molecular weight is 173 g/mol. The summed E-state index contributed by atoms with van der Waals surface area (Å²) in [5.41, 5.74) is 0. The maximum absolute atomic E-state index is 9.44. The maximum Gasteiger partial charge on any atom is 0.126 e. The Morgan fingerprint density at radius 1 is 0.818 bits per heavy atom. The first kappa shape index (κ1) is 12.8.